The minimum atomic E-state index is -4.53. The van der Waals surface area contributed by atoms with Gasteiger partial charge in [-0.05, 0) is 39.0 Å². The van der Waals surface area contributed by atoms with Crippen molar-refractivity contribution in [3.8, 4) is 11.3 Å². The zero-order chi connectivity index (χ0) is 24.7. The number of alkyl halides is 3. The molecule has 12 heteroatoms. The lowest BCUT2D eigenvalue weighted by atomic mass is 10.1. The minimum Gasteiger partial charge on any atom is -0.370 e. The summed E-state index contributed by atoms with van der Waals surface area (Å²) in [5.74, 6) is 0.386. The van der Waals surface area contributed by atoms with Crippen molar-refractivity contribution in [3.05, 3.63) is 58.9 Å². The molecular formula is C23H21F3N8O. The number of anilines is 1. The van der Waals surface area contributed by atoms with Gasteiger partial charge < -0.3 is 9.64 Å². The molecule has 9 nitrogen and oxygen atoms in total. The van der Waals surface area contributed by atoms with E-state index in [4.69, 9.17) is 9.72 Å². The van der Waals surface area contributed by atoms with E-state index in [2.05, 4.69) is 30.1 Å². The number of nitrogens with zero attached hydrogens (tertiary/aromatic N) is 8. The second kappa shape index (κ2) is 8.77. The number of rotatable bonds is 3. The van der Waals surface area contributed by atoms with E-state index in [1.54, 1.807) is 6.20 Å². The third kappa shape index (κ3) is 4.61. The number of morpholine rings is 1. The number of halogens is 3. The molecule has 5 heterocycles. The van der Waals surface area contributed by atoms with Crippen LogP contribution >= 0.6 is 0 Å². The van der Waals surface area contributed by atoms with E-state index >= 15 is 0 Å². The lowest BCUT2D eigenvalue weighted by Crippen LogP contribution is -2.39. The first kappa shape index (κ1) is 23.0. The van der Waals surface area contributed by atoms with E-state index in [0.29, 0.717) is 59.5 Å². The molecule has 0 amide bonds. The Labute approximate surface area is 198 Å². The van der Waals surface area contributed by atoms with Gasteiger partial charge in [0.1, 0.15) is 23.0 Å². The van der Waals surface area contributed by atoms with Crippen molar-refractivity contribution in [1.29, 1.82) is 0 Å². The number of ether oxygens (including phenoxy) is 1. The van der Waals surface area contributed by atoms with Crippen LogP contribution in [0.2, 0.25) is 0 Å². The summed E-state index contributed by atoms with van der Waals surface area (Å²) < 4.78 is 45.1. The summed E-state index contributed by atoms with van der Waals surface area (Å²) >= 11 is 0. The average molecular weight is 482 g/mol. The summed E-state index contributed by atoms with van der Waals surface area (Å²) in [4.78, 5) is 24.1. The van der Waals surface area contributed by atoms with Gasteiger partial charge in [-0.15, -0.1) is 0 Å². The molecule has 4 aromatic heterocycles. The van der Waals surface area contributed by atoms with E-state index in [-0.39, 0.29) is 6.10 Å². The number of fused-ring (bicyclic) bond motifs is 1. The average Bonchev–Trinajstić information content (AvgIpc) is 2.84. The van der Waals surface area contributed by atoms with Gasteiger partial charge in [0.05, 0.1) is 36.4 Å². The Balaban J connectivity index is 1.58. The van der Waals surface area contributed by atoms with Gasteiger partial charge >= 0.3 is 6.18 Å². The summed E-state index contributed by atoms with van der Waals surface area (Å²) in [7, 11) is 0. The SMILES string of the molecule is Cc1cc([C@@H]2CN(c3nc(-c4ccc(C(F)(F)F)nc4)c4nc(C)c(C)nc4n3)CCO2)cnn1. The standard InChI is InChI=1S/C23H21F3N8O/c1-12-8-16(10-28-33-12)17-11-34(6-7-35-17)22-31-19(15-4-5-18(27-9-15)23(24,25)26)20-21(32-22)30-14(3)13(2)29-20/h4-5,8-10,17H,6-7,11H2,1-3H3/t17-/m0/s1. The first-order valence-corrected chi connectivity index (χ1v) is 10.9. The van der Waals surface area contributed by atoms with Crippen molar-refractivity contribution >= 4 is 17.1 Å². The Bertz CT molecular complexity index is 1390. The lowest BCUT2D eigenvalue weighted by Gasteiger charge is -2.33. The fraction of sp³-hybridized carbons (Fsp3) is 0.348. The molecule has 0 aliphatic carbocycles. The van der Waals surface area contributed by atoms with Crippen LogP contribution in [0.4, 0.5) is 19.1 Å². The summed E-state index contributed by atoms with van der Waals surface area (Å²) in [5, 5.41) is 8.00. The quantitative estimate of drug-likeness (QED) is 0.431. The smallest absolute Gasteiger partial charge is 0.370 e. The molecule has 35 heavy (non-hydrogen) atoms. The van der Waals surface area contributed by atoms with Crippen LogP contribution in [0.1, 0.15) is 34.4 Å². The lowest BCUT2D eigenvalue weighted by molar-refractivity contribution is -0.141. The van der Waals surface area contributed by atoms with Gasteiger partial charge in [-0.1, -0.05) is 0 Å². The molecule has 180 valence electrons. The van der Waals surface area contributed by atoms with Crippen molar-refractivity contribution in [2.24, 2.45) is 0 Å². The van der Waals surface area contributed by atoms with E-state index in [9.17, 15) is 13.2 Å². The molecule has 1 fully saturated rings. The highest BCUT2D eigenvalue weighted by atomic mass is 19.4. The van der Waals surface area contributed by atoms with Crippen LogP contribution in [-0.4, -0.2) is 54.8 Å². The summed E-state index contributed by atoms with van der Waals surface area (Å²) in [6.45, 7) is 6.91. The Morgan fingerprint density at radius 3 is 2.51 bits per heavy atom. The zero-order valence-electron chi connectivity index (χ0n) is 19.2. The number of hydrogen-bond donors (Lipinski definition) is 0. The molecule has 1 aliphatic heterocycles. The van der Waals surface area contributed by atoms with Crippen molar-refractivity contribution in [1.82, 2.24) is 35.1 Å². The highest BCUT2D eigenvalue weighted by molar-refractivity contribution is 5.87. The molecule has 0 spiro atoms. The Kier molecular flexibility index (Phi) is 5.75. The zero-order valence-corrected chi connectivity index (χ0v) is 19.2. The Morgan fingerprint density at radius 2 is 1.80 bits per heavy atom. The van der Waals surface area contributed by atoms with Crippen molar-refractivity contribution in [3.63, 3.8) is 0 Å². The third-order valence-corrected chi connectivity index (χ3v) is 5.78. The third-order valence-electron chi connectivity index (χ3n) is 5.78. The van der Waals surface area contributed by atoms with Crippen LogP contribution in [0, 0.1) is 20.8 Å². The van der Waals surface area contributed by atoms with Crippen molar-refractivity contribution < 1.29 is 17.9 Å². The first-order valence-electron chi connectivity index (χ1n) is 10.9. The monoisotopic (exact) mass is 482 g/mol. The van der Waals surface area contributed by atoms with E-state index in [1.165, 1.54) is 6.07 Å². The van der Waals surface area contributed by atoms with Gasteiger partial charge in [0.15, 0.2) is 5.65 Å². The molecule has 1 atom stereocenters. The summed E-state index contributed by atoms with van der Waals surface area (Å²) in [6, 6.07) is 4.19. The maximum atomic E-state index is 13.0. The molecule has 0 saturated carbocycles. The Hall–Kier alpha value is -3.80. The van der Waals surface area contributed by atoms with Crippen molar-refractivity contribution in [2.75, 3.05) is 24.6 Å². The van der Waals surface area contributed by atoms with Gasteiger partial charge in [-0.2, -0.15) is 28.4 Å². The van der Waals surface area contributed by atoms with Crippen LogP contribution in [-0.2, 0) is 10.9 Å². The van der Waals surface area contributed by atoms with E-state index in [1.807, 2.05) is 31.7 Å². The van der Waals surface area contributed by atoms with Gasteiger partial charge in [0, 0.05) is 23.9 Å². The maximum absolute atomic E-state index is 13.0. The molecule has 0 radical (unpaired) electrons. The first-order chi connectivity index (χ1) is 16.7. The number of aryl methyl sites for hydroxylation is 3. The number of aromatic nitrogens is 7. The fourth-order valence-corrected chi connectivity index (χ4v) is 3.85. The topological polar surface area (TPSA) is 103 Å². The predicted molar refractivity (Wildman–Crippen MR) is 121 cm³/mol. The largest absolute Gasteiger partial charge is 0.433 e. The second-order valence-corrected chi connectivity index (χ2v) is 8.30. The molecule has 4 aromatic rings. The number of hydrogen-bond acceptors (Lipinski definition) is 9. The molecule has 0 aromatic carbocycles. The predicted octanol–water partition coefficient (Wildman–Crippen LogP) is 3.79. The summed E-state index contributed by atoms with van der Waals surface area (Å²) in [6.07, 6.45) is -1.98. The highest BCUT2D eigenvalue weighted by Crippen LogP contribution is 2.32. The van der Waals surface area contributed by atoms with Crippen LogP contribution in [0.15, 0.2) is 30.6 Å². The van der Waals surface area contributed by atoms with Crippen LogP contribution in [0.25, 0.3) is 22.4 Å². The van der Waals surface area contributed by atoms with Gasteiger partial charge in [0.25, 0.3) is 0 Å². The van der Waals surface area contributed by atoms with Crippen LogP contribution < -0.4 is 4.90 Å². The normalized spacial score (nSPS) is 16.6. The van der Waals surface area contributed by atoms with E-state index in [0.717, 1.165) is 23.5 Å². The van der Waals surface area contributed by atoms with E-state index < -0.39 is 11.9 Å². The molecule has 0 unspecified atom stereocenters. The molecule has 5 rings (SSSR count). The van der Waals surface area contributed by atoms with Gasteiger partial charge in [-0.3, -0.25) is 4.98 Å². The summed E-state index contributed by atoms with van der Waals surface area (Å²) in [5.41, 5.74) is 3.60. The maximum Gasteiger partial charge on any atom is 0.433 e. The van der Waals surface area contributed by atoms with Gasteiger partial charge in [-0.25, -0.2) is 15.0 Å². The molecular weight excluding hydrogens is 461 g/mol. The fourth-order valence-electron chi connectivity index (χ4n) is 3.85. The highest BCUT2D eigenvalue weighted by Gasteiger charge is 2.32. The minimum absolute atomic E-state index is 0.265. The van der Waals surface area contributed by atoms with Crippen LogP contribution in [0.5, 0.6) is 0 Å². The molecule has 0 N–H and O–H groups in total. The molecule has 1 aliphatic rings. The van der Waals surface area contributed by atoms with Crippen LogP contribution in [0.3, 0.4) is 0 Å². The Morgan fingerprint density at radius 1 is 1.00 bits per heavy atom. The van der Waals surface area contributed by atoms with Crippen molar-refractivity contribution in [2.45, 2.75) is 33.1 Å². The second-order valence-electron chi connectivity index (χ2n) is 8.30. The molecule has 0 bridgehead atoms. The number of pyridine rings is 1. The molecule has 1 saturated heterocycles. The van der Waals surface area contributed by atoms with Gasteiger partial charge in [0.2, 0.25) is 5.95 Å².